The highest BCUT2D eigenvalue weighted by Crippen LogP contribution is 2.07. The molecule has 2 aromatic heterocycles. The highest BCUT2D eigenvalue weighted by Gasteiger charge is 2.04. The monoisotopic (exact) mass is 192 g/mol. The highest BCUT2D eigenvalue weighted by atomic mass is 15.4. The zero-order valence-electron chi connectivity index (χ0n) is 8.18. The molecule has 0 bridgehead atoms. The average molecular weight is 192 g/mol. The Morgan fingerprint density at radius 1 is 1.50 bits per heavy atom. The van der Waals surface area contributed by atoms with Gasteiger partial charge in [0.2, 0.25) is 0 Å². The molecule has 6 heteroatoms. The summed E-state index contributed by atoms with van der Waals surface area (Å²) in [6.45, 7) is 2.52. The van der Waals surface area contributed by atoms with Gasteiger partial charge in [-0.25, -0.2) is 4.98 Å². The van der Waals surface area contributed by atoms with E-state index in [2.05, 4.69) is 15.2 Å². The third-order valence-corrected chi connectivity index (χ3v) is 2.09. The minimum Gasteiger partial charge on any atom is -0.382 e. The van der Waals surface area contributed by atoms with Crippen LogP contribution in [0.25, 0.3) is 0 Å². The molecule has 74 valence electrons. The predicted molar refractivity (Wildman–Crippen MR) is 51.5 cm³/mol. The number of hydrogen-bond donors (Lipinski definition) is 1. The van der Waals surface area contributed by atoms with E-state index in [4.69, 9.17) is 5.73 Å². The molecular formula is C8H12N6. The SMILES string of the molecule is Cc1cn(Cc2ncnn2C)nc1N. The molecule has 2 N–H and O–H groups in total. The molecule has 14 heavy (non-hydrogen) atoms. The van der Waals surface area contributed by atoms with E-state index in [0.717, 1.165) is 11.4 Å². The van der Waals surface area contributed by atoms with Gasteiger partial charge in [-0.2, -0.15) is 10.2 Å². The fourth-order valence-electron chi connectivity index (χ4n) is 1.22. The largest absolute Gasteiger partial charge is 0.382 e. The van der Waals surface area contributed by atoms with Crippen LogP contribution in [-0.4, -0.2) is 24.5 Å². The number of rotatable bonds is 2. The summed E-state index contributed by atoms with van der Waals surface area (Å²) >= 11 is 0. The number of aromatic nitrogens is 5. The third kappa shape index (κ3) is 1.46. The van der Waals surface area contributed by atoms with Crippen LogP contribution < -0.4 is 5.73 Å². The van der Waals surface area contributed by atoms with Crippen LogP contribution in [0, 0.1) is 6.92 Å². The molecule has 0 saturated heterocycles. The Morgan fingerprint density at radius 3 is 2.79 bits per heavy atom. The number of nitrogens with zero attached hydrogens (tertiary/aromatic N) is 5. The Kier molecular flexibility index (Phi) is 1.95. The second-order valence-corrected chi connectivity index (χ2v) is 3.19. The summed E-state index contributed by atoms with van der Waals surface area (Å²) in [7, 11) is 1.85. The van der Waals surface area contributed by atoms with E-state index in [1.165, 1.54) is 6.33 Å². The summed E-state index contributed by atoms with van der Waals surface area (Å²) in [5.41, 5.74) is 6.61. The maximum Gasteiger partial charge on any atom is 0.148 e. The second kappa shape index (κ2) is 3.13. The van der Waals surface area contributed by atoms with Crippen molar-refractivity contribution in [2.45, 2.75) is 13.5 Å². The van der Waals surface area contributed by atoms with Gasteiger partial charge in [-0.3, -0.25) is 9.36 Å². The molecule has 0 atom stereocenters. The van der Waals surface area contributed by atoms with Gasteiger partial charge < -0.3 is 5.73 Å². The van der Waals surface area contributed by atoms with Crippen molar-refractivity contribution in [1.29, 1.82) is 0 Å². The van der Waals surface area contributed by atoms with E-state index in [1.807, 2.05) is 20.2 Å². The summed E-state index contributed by atoms with van der Waals surface area (Å²) in [5.74, 6) is 1.42. The quantitative estimate of drug-likeness (QED) is 0.724. The van der Waals surface area contributed by atoms with Gasteiger partial charge >= 0.3 is 0 Å². The molecule has 0 aromatic carbocycles. The van der Waals surface area contributed by atoms with Crippen LogP contribution in [0.5, 0.6) is 0 Å². The first kappa shape index (κ1) is 8.74. The molecule has 2 aromatic rings. The van der Waals surface area contributed by atoms with Crippen molar-refractivity contribution in [2.75, 3.05) is 5.73 Å². The Bertz CT molecular complexity index is 421. The molecule has 0 amide bonds. The van der Waals surface area contributed by atoms with Gasteiger partial charge in [0.1, 0.15) is 24.5 Å². The highest BCUT2D eigenvalue weighted by molar-refractivity contribution is 5.35. The van der Waals surface area contributed by atoms with E-state index in [9.17, 15) is 0 Å². The molecule has 0 radical (unpaired) electrons. The van der Waals surface area contributed by atoms with Crippen LogP contribution in [0.15, 0.2) is 12.5 Å². The van der Waals surface area contributed by atoms with Gasteiger partial charge in [0.05, 0.1) is 0 Å². The number of anilines is 1. The molecular weight excluding hydrogens is 180 g/mol. The van der Waals surface area contributed by atoms with Crippen molar-refractivity contribution >= 4 is 5.82 Å². The molecule has 0 unspecified atom stereocenters. The van der Waals surface area contributed by atoms with Crippen molar-refractivity contribution < 1.29 is 0 Å². The van der Waals surface area contributed by atoms with Crippen molar-refractivity contribution in [3.8, 4) is 0 Å². The van der Waals surface area contributed by atoms with Crippen molar-refractivity contribution in [3.63, 3.8) is 0 Å². The Labute approximate surface area is 81.4 Å². The Morgan fingerprint density at radius 2 is 2.29 bits per heavy atom. The second-order valence-electron chi connectivity index (χ2n) is 3.19. The van der Waals surface area contributed by atoms with E-state index in [0.29, 0.717) is 12.4 Å². The lowest BCUT2D eigenvalue weighted by molar-refractivity contribution is 0.609. The minimum atomic E-state index is 0.562. The fraction of sp³-hybridized carbons (Fsp3) is 0.375. The first-order valence-corrected chi connectivity index (χ1v) is 4.29. The van der Waals surface area contributed by atoms with Gasteiger partial charge in [-0.05, 0) is 6.92 Å². The van der Waals surface area contributed by atoms with Gasteiger partial charge in [-0.15, -0.1) is 0 Å². The van der Waals surface area contributed by atoms with Crippen LogP contribution in [0.4, 0.5) is 5.82 Å². The standard InChI is InChI=1S/C8H12N6/c1-6-3-14(12-8(6)9)4-7-10-5-11-13(7)2/h3,5H,4H2,1-2H3,(H2,9,12). The number of hydrogen-bond acceptors (Lipinski definition) is 4. The van der Waals surface area contributed by atoms with Crippen molar-refractivity contribution in [3.05, 3.63) is 23.9 Å². The smallest absolute Gasteiger partial charge is 0.148 e. The first-order chi connectivity index (χ1) is 6.66. The van der Waals surface area contributed by atoms with Crippen LogP contribution in [0.2, 0.25) is 0 Å². The molecule has 0 saturated carbocycles. The summed E-state index contributed by atoms with van der Waals surface area (Å²) in [6.07, 6.45) is 3.42. The topological polar surface area (TPSA) is 74.5 Å². The van der Waals surface area contributed by atoms with E-state index < -0.39 is 0 Å². The number of nitrogen functional groups attached to an aromatic ring is 1. The zero-order chi connectivity index (χ0) is 10.1. The average Bonchev–Trinajstić information content (AvgIpc) is 2.63. The van der Waals surface area contributed by atoms with Gasteiger partial charge in [0, 0.05) is 18.8 Å². The summed E-state index contributed by atoms with van der Waals surface area (Å²) in [6, 6.07) is 0. The van der Waals surface area contributed by atoms with Crippen molar-refractivity contribution in [1.82, 2.24) is 24.5 Å². The minimum absolute atomic E-state index is 0.562. The van der Waals surface area contributed by atoms with Crippen LogP contribution in [0.3, 0.4) is 0 Å². The zero-order valence-corrected chi connectivity index (χ0v) is 8.18. The maximum atomic E-state index is 5.63. The number of aryl methyl sites for hydroxylation is 2. The molecule has 0 aliphatic heterocycles. The fourth-order valence-corrected chi connectivity index (χ4v) is 1.22. The van der Waals surface area contributed by atoms with E-state index in [1.54, 1.807) is 9.36 Å². The third-order valence-electron chi connectivity index (χ3n) is 2.09. The summed E-state index contributed by atoms with van der Waals surface area (Å²) in [5, 5.41) is 8.11. The summed E-state index contributed by atoms with van der Waals surface area (Å²) < 4.78 is 3.47. The van der Waals surface area contributed by atoms with E-state index in [-0.39, 0.29) is 0 Å². The lowest BCUT2D eigenvalue weighted by Gasteiger charge is -1.99. The van der Waals surface area contributed by atoms with Gasteiger partial charge in [0.15, 0.2) is 0 Å². The maximum absolute atomic E-state index is 5.63. The molecule has 0 aliphatic rings. The normalized spacial score (nSPS) is 10.7. The van der Waals surface area contributed by atoms with Crippen molar-refractivity contribution in [2.24, 2.45) is 7.05 Å². The predicted octanol–water partition coefficient (Wildman–Crippen LogP) is -0.0495. The van der Waals surface area contributed by atoms with E-state index >= 15 is 0 Å². The lowest BCUT2D eigenvalue weighted by Crippen LogP contribution is -2.07. The van der Waals surface area contributed by atoms with Crippen LogP contribution in [0.1, 0.15) is 11.4 Å². The molecule has 2 heterocycles. The number of nitrogens with two attached hydrogens (primary N) is 1. The van der Waals surface area contributed by atoms with Crippen LogP contribution >= 0.6 is 0 Å². The Hall–Kier alpha value is -1.85. The first-order valence-electron chi connectivity index (χ1n) is 4.29. The molecule has 6 nitrogen and oxygen atoms in total. The molecule has 2 rings (SSSR count). The molecule has 0 aliphatic carbocycles. The van der Waals surface area contributed by atoms with Gasteiger partial charge in [-0.1, -0.05) is 0 Å². The summed E-state index contributed by atoms with van der Waals surface area (Å²) in [4.78, 5) is 4.10. The van der Waals surface area contributed by atoms with Gasteiger partial charge in [0.25, 0.3) is 0 Å². The van der Waals surface area contributed by atoms with Crippen LogP contribution in [-0.2, 0) is 13.6 Å². The molecule has 0 fully saturated rings. The Balaban J connectivity index is 2.23. The lowest BCUT2D eigenvalue weighted by atomic mass is 10.4. The molecule has 0 spiro atoms.